The standard InChI is InChI=1S/C23H30N4O4S/c1-5-11-26-21-19(22(29)27(12-6-2)23(26)30)24-20(25-21)15(3)13-16-7-9-17(10-8-16)32-14-18(28)31-4/h7-10,15H,5-6,11-14H2,1-4H3,(H,24,25). The van der Waals surface area contributed by atoms with E-state index in [-0.39, 0.29) is 28.9 Å². The summed E-state index contributed by atoms with van der Waals surface area (Å²) in [5.41, 5.74) is 1.34. The Bertz CT molecular complexity index is 1190. The van der Waals surface area contributed by atoms with Gasteiger partial charge in [-0.2, -0.15) is 0 Å². The number of esters is 1. The summed E-state index contributed by atoms with van der Waals surface area (Å²) in [7, 11) is 1.38. The predicted molar refractivity (Wildman–Crippen MR) is 126 cm³/mol. The highest BCUT2D eigenvalue weighted by Crippen LogP contribution is 2.23. The average molecular weight is 459 g/mol. The Labute approximate surface area is 191 Å². The smallest absolute Gasteiger partial charge is 0.332 e. The number of methoxy groups -OCH3 is 1. The zero-order valence-corrected chi connectivity index (χ0v) is 19.8. The molecule has 1 unspecified atom stereocenters. The molecule has 0 saturated heterocycles. The number of benzene rings is 1. The van der Waals surface area contributed by atoms with Crippen LogP contribution in [0.1, 0.15) is 50.9 Å². The molecule has 1 atom stereocenters. The molecule has 0 bridgehead atoms. The van der Waals surface area contributed by atoms with Crippen molar-refractivity contribution in [1.82, 2.24) is 19.1 Å². The maximum Gasteiger partial charge on any atom is 0.332 e. The third kappa shape index (κ3) is 5.15. The summed E-state index contributed by atoms with van der Waals surface area (Å²) >= 11 is 1.43. The highest BCUT2D eigenvalue weighted by molar-refractivity contribution is 8.00. The Hall–Kier alpha value is -2.81. The minimum absolute atomic E-state index is 0.0279. The summed E-state index contributed by atoms with van der Waals surface area (Å²) in [6.07, 6.45) is 2.21. The molecule has 2 aromatic heterocycles. The van der Waals surface area contributed by atoms with Crippen LogP contribution in [-0.2, 0) is 29.0 Å². The van der Waals surface area contributed by atoms with Crippen LogP contribution in [0, 0.1) is 0 Å². The van der Waals surface area contributed by atoms with Gasteiger partial charge in [-0.15, -0.1) is 11.8 Å². The van der Waals surface area contributed by atoms with Crippen molar-refractivity contribution in [2.24, 2.45) is 0 Å². The van der Waals surface area contributed by atoms with Crippen LogP contribution >= 0.6 is 11.8 Å². The summed E-state index contributed by atoms with van der Waals surface area (Å²) < 4.78 is 7.57. The molecule has 0 radical (unpaired) electrons. The van der Waals surface area contributed by atoms with Gasteiger partial charge in [0.05, 0.1) is 12.9 Å². The zero-order valence-electron chi connectivity index (χ0n) is 19.0. The Kier molecular flexibility index (Phi) is 7.95. The summed E-state index contributed by atoms with van der Waals surface area (Å²) in [6.45, 7) is 6.89. The molecule has 0 fully saturated rings. The van der Waals surface area contributed by atoms with E-state index in [0.29, 0.717) is 36.5 Å². The number of carbonyl (C=O) groups is 1. The van der Waals surface area contributed by atoms with Crippen LogP contribution in [0.2, 0.25) is 0 Å². The maximum atomic E-state index is 12.9. The van der Waals surface area contributed by atoms with E-state index >= 15 is 0 Å². The molecule has 2 heterocycles. The molecule has 9 heteroatoms. The fourth-order valence-corrected chi connectivity index (χ4v) is 4.37. The second kappa shape index (κ2) is 10.7. The van der Waals surface area contributed by atoms with Gasteiger partial charge in [0.25, 0.3) is 5.56 Å². The first-order valence-corrected chi connectivity index (χ1v) is 11.9. The van der Waals surface area contributed by atoms with E-state index in [1.54, 1.807) is 4.57 Å². The topological polar surface area (TPSA) is 99.0 Å². The van der Waals surface area contributed by atoms with Gasteiger partial charge in [-0.3, -0.25) is 18.7 Å². The average Bonchev–Trinajstić information content (AvgIpc) is 3.24. The molecular formula is C23H30N4O4S. The molecule has 0 aliphatic heterocycles. The highest BCUT2D eigenvalue weighted by Gasteiger charge is 2.19. The number of nitrogens with zero attached hydrogens (tertiary/aromatic N) is 3. The number of imidazole rings is 1. The number of aromatic nitrogens is 4. The summed E-state index contributed by atoms with van der Waals surface area (Å²) in [4.78, 5) is 45.9. The third-order valence-corrected chi connectivity index (χ3v) is 6.28. The molecular weight excluding hydrogens is 428 g/mol. The van der Waals surface area contributed by atoms with E-state index in [1.165, 1.54) is 23.4 Å². The fourth-order valence-electron chi connectivity index (χ4n) is 3.64. The molecule has 3 rings (SSSR count). The zero-order chi connectivity index (χ0) is 23.3. The summed E-state index contributed by atoms with van der Waals surface area (Å²) in [6, 6.07) is 8.02. The molecule has 1 N–H and O–H groups in total. The van der Waals surface area contributed by atoms with Crippen LogP contribution in [0.15, 0.2) is 38.8 Å². The Balaban J connectivity index is 1.85. The van der Waals surface area contributed by atoms with Gasteiger partial charge in [-0.1, -0.05) is 32.9 Å². The first-order valence-electron chi connectivity index (χ1n) is 10.9. The second-order valence-corrected chi connectivity index (χ2v) is 8.87. The van der Waals surface area contributed by atoms with Crippen LogP contribution in [0.3, 0.4) is 0 Å². The number of aromatic amines is 1. The van der Waals surface area contributed by atoms with Crippen LogP contribution in [0.4, 0.5) is 0 Å². The lowest BCUT2D eigenvalue weighted by atomic mass is 10.0. The number of rotatable bonds is 10. The number of aryl methyl sites for hydroxylation is 1. The molecule has 0 saturated carbocycles. The number of hydrogen-bond donors (Lipinski definition) is 1. The van der Waals surface area contributed by atoms with Crippen molar-refractivity contribution in [2.75, 3.05) is 12.9 Å². The number of nitrogens with one attached hydrogen (secondary N) is 1. The largest absolute Gasteiger partial charge is 0.468 e. The van der Waals surface area contributed by atoms with Crippen molar-refractivity contribution < 1.29 is 9.53 Å². The molecule has 172 valence electrons. The Morgan fingerprint density at radius 1 is 1.12 bits per heavy atom. The van der Waals surface area contributed by atoms with Crippen LogP contribution < -0.4 is 11.2 Å². The Morgan fingerprint density at radius 3 is 2.41 bits per heavy atom. The first-order chi connectivity index (χ1) is 15.4. The number of hydrogen-bond acceptors (Lipinski definition) is 6. The van der Waals surface area contributed by atoms with Gasteiger partial charge in [0.15, 0.2) is 5.65 Å². The lowest BCUT2D eigenvalue weighted by Crippen LogP contribution is -2.40. The molecule has 8 nitrogen and oxygen atoms in total. The van der Waals surface area contributed by atoms with E-state index < -0.39 is 0 Å². The number of carbonyl (C=O) groups excluding carboxylic acids is 1. The van der Waals surface area contributed by atoms with E-state index in [2.05, 4.69) is 14.7 Å². The van der Waals surface area contributed by atoms with Crippen molar-refractivity contribution in [3.8, 4) is 0 Å². The first kappa shape index (κ1) is 23.8. The van der Waals surface area contributed by atoms with Gasteiger partial charge >= 0.3 is 11.7 Å². The third-order valence-electron chi connectivity index (χ3n) is 5.29. The number of H-pyrrole nitrogens is 1. The Morgan fingerprint density at radius 2 is 1.78 bits per heavy atom. The lowest BCUT2D eigenvalue weighted by molar-refractivity contribution is -0.137. The SMILES string of the molecule is CCCn1c(=O)c2[nH]c(C(C)Cc3ccc(SCC(=O)OC)cc3)nc2n(CCC)c1=O. The molecule has 32 heavy (non-hydrogen) atoms. The van der Waals surface area contributed by atoms with Crippen LogP contribution in [-0.4, -0.2) is 37.9 Å². The van der Waals surface area contributed by atoms with Gasteiger partial charge < -0.3 is 9.72 Å². The predicted octanol–water partition coefficient (Wildman–Crippen LogP) is 3.32. The molecule has 3 aromatic rings. The van der Waals surface area contributed by atoms with Crippen molar-refractivity contribution in [1.29, 1.82) is 0 Å². The molecule has 0 amide bonds. The highest BCUT2D eigenvalue weighted by atomic mass is 32.2. The number of ether oxygens (including phenoxy) is 1. The summed E-state index contributed by atoms with van der Waals surface area (Å²) in [5, 5.41) is 0. The van der Waals surface area contributed by atoms with E-state index in [0.717, 1.165) is 23.3 Å². The minimum atomic E-state index is -0.308. The minimum Gasteiger partial charge on any atom is -0.468 e. The second-order valence-electron chi connectivity index (χ2n) is 7.83. The molecule has 1 aromatic carbocycles. The number of thioether (sulfide) groups is 1. The maximum absolute atomic E-state index is 12.9. The lowest BCUT2D eigenvalue weighted by Gasteiger charge is -2.09. The molecule has 0 spiro atoms. The van der Waals surface area contributed by atoms with E-state index in [4.69, 9.17) is 0 Å². The molecule has 0 aliphatic carbocycles. The fraction of sp³-hybridized carbons (Fsp3) is 0.478. The van der Waals surface area contributed by atoms with Crippen molar-refractivity contribution >= 4 is 28.9 Å². The van der Waals surface area contributed by atoms with Gasteiger partial charge in [-0.05, 0) is 37.0 Å². The van der Waals surface area contributed by atoms with Crippen LogP contribution in [0.5, 0.6) is 0 Å². The molecule has 0 aliphatic rings. The summed E-state index contributed by atoms with van der Waals surface area (Å²) in [5.74, 6) is 0.748. The van der Waals surface area contributed by atoms with Crippen molar-refractivity contribution in [3.63, 3.8) is 0 Å². The van der Waals surface area contributed by atoms with Gasteiger partial charge in [0, 0.05) is 23.9 Å². The van der Waals surface area contributed by atoms with Crippen molar-refractivity contribution in [3.05, 3.63) is 56.5 Å². The quantitative estimate of drug-likeness (QED) is 0.370. The number of fused-ring (bicyclic) bond motifs is 1. The van der Waals surface area contributed by atoms with Gasteiger partial charge in [0.2, 0.25) is 0 Å². The van der Waals surface area contributed by atoms with Crippen LogP contribution in [0.25, 0.3) is 11.2 Å². The van der Waals surface area contributed by atoms with Gasteiger partial charge in [-0.25, -0.2) is 9.78 Å². The normalized spacial score (nSPS) is 12.2. The van der Waals surface area contributed by atoms with Gasteiger partial charge in [0.1, 0.15) is 11.3 Å². The monoisotopic (exact) mass is 458 g/mol. The van der Waals surface area contributed by atoms with E-state index in [1.807, 2.05) is 45.0 Å². The van der Waals surface area contributed by atoms with E-state index in [9.17, 15) is 14.4 Å². The van der Waals surface area contributed by atoms with Crippen molar-refractivity contribution in [2.45, 2.75) is 63.9 Å².